The van der Waals surface area contributed by atoms with Crippen molar-refractivity contribution in [2.75, 3.05) is 6.54 Å². The lowest BCUT2D eigenvalue weighted by atomic mass is 10.0. The molecule has 4 nitrogen and oxygen atoms in total. The number of nitrogens with one attached hydrogen (secondary N) is 1. The van der Waals surface area contributed by atoms with E-state index in [1.807, 2.05) is 12.1 Å². The van der Waals surface area contributed by atoms with Crippen molar-refractivity contribution in [3.63, 3.8) is 0 Å². The first kappa shape index (κ1) is 13.6. The van der Waals surface area contributed by atoms with Crippen LogP contribution in [0.15, 0.2) is 24.3 Å². The average Bonchev–Trinajstić information content (AvgIpc) is 2.35. The second-order valence-corrected chi connectivity index (χ2v) is 4.13. The summed E-state index contributed by atoms with van der Waals surface area (Å²) in [5.41, 5.74) is 1.32. The molecule has 0 aromatic heterocycles. The first-order valence-electron chi connectivity index (χ1n) is 6.14. The van der Waals surface area contributed by atoms with E-state index in [-0.39, 0.29) is 10.6 Å². The van der Waals surface area contributed by atoms with E-state index < -0.39 is 0 Å². The second-order valence-electron chi connectivity index (χ2n) is 4.13. The molecule has 1 rings (SSSR count). The quantitative estimate of drug-likeness (QED) is 0.585. The van der Waals surface area contributed by atoms with Gasteiger partial charge in [0.2, 0.25) is 0 Å². The highest BCUT2D eigenvalue weighted by Gasteiger charge is 2.06. The van der Waals surface area contributed by atoms with Crippen molar-refractivity contribution >= 4 is 5.69 Å². The molecule has 1 unspecified atom stereocenters. The van der Waals surface area contributed by atoms with Crippen LogP contribution < -0.4 is 5.32 Å². The molecule has 0 aliphatic carbocycles. The van der Waals surface area contributed by atoms with Gasteiger partial charge in [-0.05, 0) is 31.4 Å². The number of rotatable bonds is 7. The Morgan fingerprint density at radius 2 is 1.94 bits per heavy atom. The van der Waals surface area contributed by atoms with E-state index in [1.165, 1.54) is 0 Å². The van der Waals surface area contributed by atoms with Crippen LogP contribution in [0.5, 0.6) is 0 Å². The Labute approximate surface area is 102 Å². The standard InChI is InChI=1S/C13H20N2O2/c1-3-12(14-4-2)8-5-11-6-9-13(10-7-11)15(16)17/h6-7,9-10,12,14H,3-5,8H2,1-2H3. The summed E-state index contributed by atoms with van der Waals surface area (Å²) in [6.45, 7) is 5.26. The van der Waals surface area contributed by atoms with E-state index in [0.29, 0.717) is 6.04 Å². The van der Waals surface area contributed by atoms with E-state index in [1.54, 1.807) is 12.1 Å². The smallest absolute Gasteiger partial charge is 0.269 e. The molecule has 0 aliphatic heterocycles. The van der Waals surface area contributed by atoms with Gasteiger partial charge >= 0.3 is 0 Å². The minimum absolute atomic E-state index is 0.160. The number of nitro groups is 1. The highest BCUT2D eigenvalue weighted by atomic mass is 16.6. The number of hydrogen-bond donors (Lipinski definition) is 1. The van der Waals surface area contributed by atoms with Crippen molar-refractivity contribution in [3.8, 4) is 0 Å². The van der Waals surface area contributed by atoms with Gasteiger partial charge in [0.15, 0.2) is 0 Å². The molecule has 1 N–H and O–H groups in total. The largest absolute Gasteiger partial charge is 0.314 e. The SMILES string of the molecule is CCNC(CC)CCc1ccc([N+](=O)[O-])cc1. The Kier molecular flexibility index (Phi) is 5.63. The highest BCUT2D eigenvalue weighted by Crippen LogP contribution is 2.14. The number of nitro benzene ring substituents is 1. The molecule has 0 amide bonds. The molecule has 0 radical (unpaired) electrons. The van der Waals surface area contributed by atoms with Crippen LogP contribution in [0.3, 0.4) is 0 Å². The fourth-order valence-corrected chi connectivity index (χ4v) is 1.86. The van der Waals surface area contributed by atoms with Crippen LogP contribution in [-0.4, -0.2) is 17.5 Å². The zero-order valence-electron chi connectivity index (χ0n) is 10.5. The van der Waals surface area contributed by atoms with Crippen LogP contribution >= 0.6 is 0 Å². The van der Waals surface area contributed by atoms with Gasteiger partial charge in [-0.2, -0.15) is 0 Å². The molecule has 94 valence electrons. The predicted octanol–water partition coefficient (Wildman–Crippen LogP) is 2.92. The molecule has 0 aliphatic rings. The Bertz CT molecular complexity index is 349. The van der Waals surface area contributed by atoms with Gasteiger partial charge < -0.3 is 5.32 Å². The zero-order chi connectivity index (χ0) is 12.7. The summed E-state index contributed by atoms with van der Waals surface area (Å²) in [5, 5.41) is 13.9. The first-order valence-corrected chi connectivity index (χ1v) is 6.14. The molecule has 0 bridgehead atoms. The summed E-state index contributed by atoms with van der Waals surface area (Å²) < 4.78 is 0. The Morgan fingerprint density at radius 3 is 2.41 bits per heavy atom. The summed E-state index contributed by atoms with van der Waals surface area (Å²) in [7, 11) is 0. The summed E-state index contributed by atoms with van der Waals surface area (Å²) >= 11 is 0. The molecule has 4 heteroatoms. The van der Waals surface area contributed by atoms with E-state index in [2.05, 4.69) is 19.2 Å². The lowest BCUT2D eigenvalue weighted by Gasteiger charge is -2.15. The van der Waals surface area contributed by atoms with Gasteiger partial charge in [-0.15, -0.1) is 0 Å². The molecule has 1 aromatic rings. The maximum atomic E-state index is 10.5. The van der Waals surface area contributed by atoms with Crippen molar-refractivity contribution < 1.29 is 4.92 Å². The number of benzene rings is 1. The van der Waals surface area contributed by atoms with Crippen LogP contribution in [0.4, 0.5) is 5.69 Å². The molecule has 0 fully saturated rings. The van der Waals surface area contributed by atoms with E-state index in [9.17, 15) is 10.1 Å². The van der Waals surface area contributed by atoms with Crippen molar-refractivity contribution in [3.05, 3.63) is 39.9 Å². The fraction of sp³-hybridized carbons (Fsp3) is 0.538. The molecule has 0 saturated heterocycles. The fourth-order valence-electron chi connectivity index (χ4n) is 1.86. The topological polar surface area (TPSA) is 55.2 Å². The molecular weight excluding hydrogens is 216 g/mol. The van der Waals surface area contributed by atoms with Crippen LogP contribution in [0.1, 0.15) is 32.3 Å². The molecule has 0 spiro atoms. The molecule has 0 heterocycles. The van der Waals surface area contributed by atoms with Crippen LogP contribution in [0, 0.1) is 10.1 Å². The molecular formula is C13H20N2O2. The minimum atomic E-state index is -0.364. The number of nitrogens with zero attached hydrogens (tertiary/aromatic N) is 1. The summed E-state index contributed by atoms with van der Waals surface area (Å²) in [4.78, 5) is 10.1. The molecule has 1 aromatic carbocycles. The zero-order valence-corrected chi connectivity index (χ0v) is 10.5. The predicted molar refractivity (Wildman–Crippen MR) is 69.2 cm³/mol. The maximum absolute atomic E-state index is 10.5. The van der Waals surface area contributed by atoms with Gasteiger partial charge in [0.25, 0.3) is 5.69 Å². The summed E-state index contributed by atoms with van der Waals surface area (Å²) in [6.07, 6.45) is 3.15. The summed E-state index contributed by atoms with van der Waals surface area (Å²) in [5.74, 6) is 0. The van der Waals surface area contributed by atoms with E-state index in [4.69, 9.17) is 0 Å². The molecule has 1 atom stereocenters. The minimum Gasteiger partial charge on any atom is -0.314 e. The van der Waals surface area contributed by atoms with Crippen LogP contribution in [0.25, 0.3) is 0 Å². The van der Waals surface area contributed by atoms with Crippen molar-refractivity contribution in [2.45, 2.75) is 39.2 Å². The average molecular weight is 236 g/mol. The van der Waals surface area contributed by atoms with Crippen LogP contribution in [-0.2, 0) is 6.42 Å². The van der Waals surface area contributed by atoms with Gasteiger partial charge in [-0.25, -0.2) is 0 Å². The molecule has 17 heavy (non-hydrogen) atoms. The van der Waals surface area contributed by atoms with Crippen molar-refractivity contribution in [1.82, 2.24) is 5.32 Å². The normalized spacial score (nSPS) is 12.4. The van der Waals surface area contributed by atoms with Gasteiger partial charge in [0.05, 0.1) is 4.92 Å². The number of aryl methyl sites for hydroxylation is 1. The van der Waals surface area contributed by atoms with Gasteiger partial charge in [0.1, 0.15) is 0 Å². The third-order valence-corrected chi connectivity index (χ3v) is 2.91. The Hall–Kier alpha value is -1.42. The lowest BCUT2D eigenvalue weighted by Crippen LogP contribution is -2.28. The number of hydrogen-bond acceptors (Lipinski definition) is 3. The van der Waals surface area contributed by atoms with Crippen LogP contribution in [0.2, 0.25) is 0 Å². The van der Waals surface area contributed by atoms with Gasteiger partial charge in [-0.1, -0.05) is 26.0 Å². The molecule has 0 saturated carbocycles. The Balaban J connectivity index is 2.48. The van der Waals surface area contributed by atoms with Crippen molar-refractivity contribution in [1.29, 1.82) is 0 Å². The van der Waals surface area contributed by atoms with Gasteiger partial charge in [-0.3, -0.25) is 10.1 Å². The maximum Gasteiger partial charge on any atom is 0.269 e. The third kappa shape index (κ3) is 4.53. The van der Waals surface area contributed by atoms with Crippen molar-refractivity contribution in [2.24, 2.45) is 0 Å². The third-order valence-electron chi connectivity index (χ3n) is 2.91. The lowest BCUT2D eigenvalue weighted by molar-refractivity contribution is -0.384. The summed E-state index contributed by atoms with van der Waals surface area (Å²) in [6, 6.07) is 7.37. The van der Waals surface area contributed by atoms with E-state index in [0.717, 1.165) is 31.4 Å². The monoisotopic (exact) mass is 236 g/mol. The first-order chi connectivity index (χ1) is 8.17. The van der Waals surface area contributed by atoms with Gasteiger partial charge in [0, 0.05) is 18.2 Å². The number of non-ortho nitro benzene ring substituents is 1. The Morgan fingerprint density at radius 1 is 1.29 bits per heavy atom. The van der Waals surface area contributed by atoms with E-state index >= 15 is 0 Å². The highest BCUT2D eigenvalue weighted by molar-refractivity contribution is 5.32. The second kappa shape index (κ2) is 7.01.